The van der Waals surface area contributed by atoms with Crippen molar-refractivity contribution in [2.75, 3.05) is 18.0 Å². The second-order valence-electron chi connectivity index (χ2n) is 4.58. The molecule has 3 rings (SSSR count). The summed E-state index contributed by atoms with van der Waals surface area (Å²) >= 11 is 0. The summed E-state index contributed by atoms with van der Waals surface area (Å²) in [6, 6.07) is 0.377. The molecule has 0 radical (unpaired) electrons. The molecule has 5 heteroatoms. The summed E-state index contributed by atoms with van der Waals surface area (Å²) in [7, 11) is 0. The smallest absolute Gasteiger partial charge is 0.293 e. The van der Waals surface area contributed by atoms with Crippen LogP contribution in [0.5, 0.6) is 0 Å². The van der Waals surface area contributed by atoms with Crippen LogP contribution in [-0.2, 0) is 0 Å². The van der Waals surface area contributed by atoms with Crippen LogP contribution >= 0.6 is 0 Å². The average molecular weight is 221 g/mol. The normalized spacial score (nSPS) is 25.1. The van der Waals surface area contributed by atoms with Crippen LogP contribution in [0.2, 0.25) is 0 Å². The van der Waals surface area contributed by atoms with Gasteiger partial charge in [0.2, 0.25) is 0 Å². The monoisotopic (exact) mass is 221 g/mol. The molecule has 2 fully saturated rings. The second kappa shape index (κ2) is 3.59. The zero-order valence-electron chi connectivity index (χ0n) is 9.04. The molecule has 16 heavy (non-hydrogen) atoms. The maximum Gasteiger partial charge on any atom is 0.293 e. The molecule has 0 aromatic carbocycles. The third-order valence-electron chi connectivity index (χ3n) is 3.25. The van der Waals surface area contributed by atoms with Gasteiger partial charge in [-0.3, -0.25) is 4.79 Å². The molecule has 1 saturated carbocycles. The van der Waals surface area contributed by atoms with Crippen LogP contribution in [0.15, 0.2) is 17.2 Å². The summed E-state index contributed by atoms with van der Waals surface area (Å²) in [4.78, 5) is 18.1. The highest BCUT2D eigenvalue weighted by atomic mass is 16.3. The minimum atomic E-state index is -0.323. The van der Waals surface area contributed by atoms with Crippen LogP contribution in [0.3, 0.4) is 0 Å². The maximum atomic E-state index is 12.1. The number of aromatic nitrogens is 2. The molecule has 0 unspecified atom stereocenters. The van der Waals surface area contributed by atoms with Crippen molar-refractivity contribution in [2.45, 2.75) is 31.4 Å². The quantitative estimate of drug-likeness (QED) is 0.772. The molecular formula is C11H15N3O2. The maximum absolute atomic E-state index is 12.1. The third-order valence-corrected chi connectivity index (χ3v) is 3.25. The molecule has 1 aliphatic carbocycles. The Hall–Kier alpha value is -1.36. The van der Waals surface area contributed by atoms with Crippen molar-refractivity contribution in [3.63, 3.8) is 0 Å². The Balaban J connectivity index is 1.94. The lowest BCUT2D eigenvalue weighted by Crippen LogP contribution is -2.32. The van der Waals surface area contributed by atoms with Gasteiger partial charge in [0.05, 0.1) is 6.10 Å². The van der Waals surface area contributed by atoms with E-state index in [9.17, 15) is 9.90 Å². The van der Waals surface area contributed by atoms with E-state index in [0.717, 1.165) is 25.8 Å². The molecule has 1 aliphatic heterocycles. The van der Waals surface area contributed by atoms with Crippen molar-refractivity contribution >= 4 is 5.82 Å². The molecule has 1 atom stereocenters. The highest BCUT2D eigenvalue weighted by Gasteiger charge is 2.28. The number of β-amino-alcohol motifs (C(OH)–C–C–N with tert-alkyl or cyclic N) is 1. The van der Waals surface area contributed by atoms with E-state index in [2.05, 4.69) is 4.98 Å². The Labute approximate surface area is 93.3 Å². The van der Waals surface area contributed by atoms with Gasteiger partial charge in [-0.1, -0.05) is 0 Å². The summed E-state index contributed by atoms with van der Waals surface area (Å²) in [6.45, 7) is 1.25. The standard InChI is InChI=1S/C11H15N3O2/c15-9-3-5-13(7-9)10-11(16)14(6-4-12-10)8-1-2-8/h4,6,8-9,15H,1-3,5,7H2/t9-/m1/s1. The van der Waals surface area contributed by atoms with Crippen LogP contribution in [0, 0.1) is 0 Å². The Morgan fingerprint density at radius 2 is 2.19 bits per heavy atom. The molecule has 2 aliphatic rings. The van der Waals surface area contributed by atoms with Gasteiger partial charge in [0.1, 0.15) is 0 Å². The van der Waals surface area contributed by atoms with E-state index in [1.165, 1.54) is 0 Å². The molecule has 1 aromatic rings. The third kappa shape index (κ3) is 1.61. The summed E-state index contributed by atoms with van der Waals surface area (Å²) in [5.74, 6) is 0.492. The number of aliphatic hydroxyl groups is 1. The Kier molecular flexibility index (Phi) is 2.21. The van der Waals surface area contributed by atoms with E-state index >= 15 is 0 Å². The van der Waals surface area contributed by atoms with Gasteiger partial charge >= 0.3 is 0 Å². The average Bonchev–Trinajstić information content (AvgIpc) is 3.02. The fourth-order valence-electron chi connectivity index (χ4n) is 2.21. The first kappa shape index (κ1) is 9.84. The summed E-state index contributed by atoms with van der Waals surface area (Å²) < 4.78 is 1.77. The fourth-order valence-corrected chi connectivity index (χ4v) is 2.21. The van der Waals surface area contributed by atoms with Crippen molar-refractivity contribution in [3.8, 4) is 0 Å². The van der Waals surface area contributed by atoms with Crippen LogP contribution in [0.25, 0.3) is 0 Å². The first-order valence-electron chi connectivity index (χ1n) is 5.76. The molecule has 0 bridgehead atoms. The van der Waals surface area contributed by atoms with Crippen molar-refractivity contribution in [3.05, 3.63) is 22.7 Å². The van der Waals surface area contributed by atoms with E-state index in [4.69, 9.17) is 0 Å². The van der Waals surface area contributed by atoms with Gasteiger partial charge in [-0.05, 0) is 19.3 Å². The highest BCUT2D eigenvalue weighted by molar-refractivity contribution is 5.37. The Morgan fingerprint density at radius 1 is 1.38 bits per heavy atom. The molecule has 2 heterocycles. The zero-order valence-corrected chi connectivity index (χ0v) is 9.04. The number of hydrogen-bond acceptors (Lipinski definition) is 4. The van der Waals surface area contributed by atoms with Crippen LogP contribution < -0.4 is 10.5 Å². The number of nitrogens with zero attached hydrogens (tertiary/aromatic N) is 3. The second-order valence-corrected chi connectivity index (χ2v) is 4.58. The predicted molar refractivity (Wildman–Crippen MR) is 59.6 cm³/mol. The van der Waals surface area contributed by atoms with E-state index in [1.54, 1.807) is 17.0 Å². The molecule has 1 aromatic heterocycles. The minimum absolute atomic E-state index is 0.0147. The lowest BCUT2D eigenvalue weighted by atomic mass is 10.3. The fraction of sp³-hybridized carbons (Fsp3) is 0.636. The SMILES string of the molecule is O=c1c(N2CC[C@@H](O)C2)nccn1C1CC1. The zero-order chi connectivity index (χ0) is 11.1. The molecular weight excluding hydrogens is 206 g/mol. The van der Waals surface area contributed by atoms with Crippen LogP contribution in [-0.4, -0.2) is 33.9 Å². The van der Waals surface area contributed by atoms with E-state index in [1.807, 2.05) is 4.90 Å². The van der Waals surface area contributed by atoms with Crippen molar-refractivity contribution in [1.82, 2.24) is 9.55 Å². The van der Waals surface area contributed by atoms with Crippen LogP contribution in [0.4, 0.5) is 5.82 Å². The van der Waals surface area contributed by atoms with E-state index < -0.39 is 0 Å². The molecule has 0 amide bonds. The van der Waals surface area contributed by atoms with Crippen LogP contribution in [0.1, 0.15) is 25.3 Å². The van der Waals surface area contributed by atoms with Gasteiger partial charge in [-0.15, -0.1) is 0 Å². The largest absolute Gasteiger partial charge is 0.391 e. The van der Waals surface area contributed by atoms with Gasteiger partial charge in [-0.25, -0.2) is 4.98 Å². The number of rotatable bonds is 2. The lowest BCUT2D eigenvalue weighted by molar-refractivity contribution is 0.198. The van der Waals surface area contributed by atoms with Gasteiger partial charge < -0.3 is 14.6 Å². The molecule has 1 N–H and O–H groups in total. The number of hydrogen-bond donors (Lipinski definition) is 1. The molecule has 86 valence electrons. The number of anilines is 1. The van der Waals surface area contributed by atoms with Crippen molar-refractivity contribution < 1.29 is 5.11 Å². The first-order valence-corrected chi connectivity index (χ1v) is 5.76. The molecule has 5 nitrogen and oxygen atoms in total. The van der Waals surface area contributed by atoms with Crippen molar-refractivity contribution in [1.29, 1.82) is 0 Å². The highest BCUT2D eigenvalue weighted by Crippen LogP contribution is 2.33. The van der Waals surface area contributed by atoms with Crippen molar-refractivity contribution in [2.24, 2.45) is 0 Å². The molecule has 0 spiro atoms. The van der Waals surface area contributed by atoms with Gasteiger partial charge in [0.15, 0.2) is 5.82 Å². The summed E-state index contributed by atoms with van der Waals surface area (Å²) in [5.41, 5.74) is -0.0147. The predicted octanol–water partition coefficient (Wildman–Crippen LogP) is 0.149. The topological polar surface area (TPSA) is 58.4 Å². The van der Waals surface area contributed by atoms with E-state index in [0.29, 0.717) is 18.4 Å². The van der Waals surface area contributed by atoms with Gasteiger partial charge in [0, 0.05) is 31.5 Å². The van der Waals surface area contributed by atoms with Gasteiger partial charge in [0.25, 0.3) is 5.56 Å². The Bertz CT molecular complexity index is 453. The minimum Gasteiger partial charge on any atom is -0.391 e. The van der Waals surface area contributed by atoms with Gasteiger partial charge in [-0.2, -0.15) is 0 Å². The number of aliphatic hydroxyl groups excluding tert-OH is 1. The lowest BCUT2D eigenvalue weighted by Gasteiger charge is -2.16. The Morgan fingerprint density at radius 3 is 2.81 bits per heavy atom. The van der Waals surface area contributed by atoms with E-state index in [-0.39, 0.29) is 11.7 Å². The first-order chi connectivity index (χ1) is 7.75. The summed E-state index contributed by atoms with van der Waals surface area (Å²) in [6.07, 6.45) is 6.02. The molecule has 1 saturated heterocycles. The summed E-state index contributed by atoms with van der Waals surface area (Å²) in [5, 5.41) is 9.46.